The van der Waals surface area contributed by atoms with Crippen LogP contribution >= 0.6 is 0 Å². The SMILES string of the molecule is CC(C)(C)OC(=O)NCC1CCN(/C(=N\C(=O)C(F)(F)F)N2CCc3cc(OCCON4C(=O)c5ccccc5C4=O)ccc3C2)C1. The van der Waals surface area contributed by atoms with E-state index in [0.29, 0.717) is 38.2 Å². The molecule has 47 heavy (non-hydrogen) atoms. The van der Waals surface area contributed by atoms with Crippen molar-refractivity contribution in [3.63, 3.8) is 0 Å². The molecule has 0 spiro atoms. The lowest BCUT2D eigenvalue weighted by Crippen LogP contribution is -2.47. The molecular weight excluding hydrogens is 623 g/mol. The number of halogens is 3. The predicted molar refractivity (Wildman–Crippen MR) is 161 cm³/mol. The summed E-state index contributed by atoms with van der Waals surface area (Å²) in [5, 5.41) is 3.42. The number of fused-ring (bicyclic) bond motifs is 2. The normalized spacial score (nSPS) is 18.3. The minimum Gasteiger partial charge on any atom is -0.491 e. The van der Waals surface area contributed by atoms with Crippen LogP contribution in [0.3, 0.4) is 0 Å². The number of nitrogens with zero attached hydrogens (tertiary/aromatic N) is 4. The molecule has 3 heterocycles. The Hall–Kier alpha value is -4.66. The zero-order valence-electron chi connectivity index (χ0n) is 26.3. The van der Waals surface area contributed by atoms with Gasteiger partial charge in [0.25, 0.3) is 11.8 Å². The highest BCUT2D eigenvalue weighted by atomic mass is 19.4. The zero-order valence-corrected chi connectivity index (χ0v) is 26.3. The molecule has 1 saturated heterocycles. The molecule has 0 aliphatic carbocycles. The van der Waals surface area contributed by atoms with E-state index in [1.165, 1.54) is 0 Å². The molecule has 2 aromatic rings. The molecule has 1 atom stereocenters. The summed E-state index contributed by atoms with van der Waals surface area (Å²) in [6.07, 6.45) is -4.67. The first-order chi connectivity index (χ1) is 22.2. The molecule has 12 nitrogen and oxygen atoms in total. The molecular formula is C32H36F3N5O7. The summed E-state index contributed by atoms with van der Waals surface area (Å²) in [6.45, 7) is 6.68. The number of alkyl carbamates (subject to hydrolysis) is 1. The summed E-state index contributed by atoms with van der Waals surface area (Å²) in [7, 11) is 0. The van der Waals surface area contributed by atoms with E-state index in [1.54, 1.807) is 67.0 Å². The number of benzene rings is 2. The van der Waals surface area contributed by atoms with Gasteiger partial charge in [-0.3, -0.25) is 19.2 Å². The van der Waals surface area contributed by atoms with Gasteiger partial charge in [0.1, 0.15) is 24.6 Å². The molecule has 3 aliphatic rings. The van der Waals surface area contributed by atoms with Gasteiger partial charge in [-0.25, -0.2) is 4.79 Å². The van der Waals surface area contributed by atoms with E-state index in [1.807, 2.05) is 6.07 Å². The molecule has 3 aliphatic heterocycles. The van der Waals surface area contributed by atoms with Crippen molar-refractivity contribution in [3.05, 3.63) is 64.7 Å². The second-order valence-electron chi connectivity index (χ2n) is 12.4. The van der Waals surface area contributed by atoms with Crippen LogP contribution in [0.25, 0.3) is 0 Å². The fourth-order valence-corrected chi connectivity index (χ4v) is 5.58. The van der Waals surface area contributed by atoms with Gasteiger partial charge < -0.3 is 24.6 Å². The molecule has 1 N–H and O–H groups in total. The van der Waals surface area contributed by atoms with Crippen molar-refractivity contribution in [2.45, 2.75) is 51.9 Å². The third-order valence-electron chi connectivity index (χ3n) is 7.75. The van der Waals surface area contributed by atoms with Crippen molar-refractivity contribution in [3.8, 4) is 5.75 Å². The lowest BCUT2D eigenvalue weighted by atomic mass is 9.99. The first kappa shape index (κ1) is 33.7. The fraction of sp³-hybridized carbons (Fsp3) is 0.469. The first-order valence-corrected chi connectivity index (χ1v) is 15.2. The fourth-order valence-electron chi connectivity index (χ4n) is 5.58. The van der Waals surface area contributed by atoms with Crippen molar-refractivity contribution in [1.82, 2.24) is 20.2 Å². The lowest BCUT2D eigenvalue weighted by molar-refractivity contribution is -0.169. The molecule has 5 rings (SSSR count). The zero-order chi connectivity index (χ0) is 33.9. The lowest BCUT2D eigenvalue weighted by Gasteiger charge is -2.35. The van der Waals surface area contributed by atoms with Crippen LogP contribution in [-0.2, 0) is 27.3 Å². The number of ether oxygens (including phenoxy) is 2. The number of imide groups is 1. The summed E-state index contributed by atoms with van der Waals surface area (Å²) in [5.41, 5.74) is 1.64. The summed E-state index contributed by atoms with van der Waals surface area (Å²) in [6, 6.07) is 11.8. The molecule has 4 amide bonds. The molecule has 1 unspecified atom stereocenters. The number of likely N-dealkylation sites (tertiary alicyclic amines) is 1. The highest BCUT2D eigenvalue weighted by Gasteiger charge is 2.41. The average molecular weight is 660 g/mol. The minimum atomic E-state index is -5.12. The summed E-state index contributed by atoms with van der Waals surface area (Å²) in [4.78, 5) is 61.2. The van der Waals surface area contributed by atoms with Crippen molar-refractivity contribution in [2.75, 3.05) is 39.4 Å². The number of nitrogens with one attached hydrogen (secondary N) is 1. The first-order valence-electron chi connectivity index (χ1n) is 15.2. The summed E-state index contributed by atoms with van der Waals surface area (Å²) >= 11 is 0. The van der Waals surface area contributed by atoms with Crippen molar-refractivity contribution in [2.24, 2.45) is 10.9 Å². The smallest absolute Gasteiger partial charge is 0.473 e. The van der Waals surface area contributed by atoms with E-state index >= 15 is 0 Å². The molecule has 252 valence electrons. The Balaban J connectivity index is 1.18. The van der Waals surface area contributed by atoms with Crippen LogP contribution in [0.2, 0.25) is 0 Å². The number of alkyl halides is 3. The minimum absolute atomic E-state index is 0.0492. The van der Waals surface area contributed by atoms with Gasteiger partial charge in [-0.05, 0) is 74.9 Å². The molecule has 0 saturated carbocycles. The third kappa shape index (κ3) is 8.20. The molecule has 15 heteroatoms. The molecule has 1 fully saturated rings. The van der Waals surface area contributed by atoms with Crippen molar-refractivity contribution < 1.29 is 46.7 Å². The van der Waals surface area contributed by atoms with E-state index < -0.39 is 35.6 Å². The topological polar surface area (TPSA) is 130 Å². The number of aliphatic imine (C=N–C) groups is 1. The maximum absolute atomic E-state index is 13.3. The van der Waals surface area contributed by atoms with Crippen molar-refractivity contribution >= 4 is 29.8 Å². The average Bonchev–Trinajstić information content (AvgIpc) is 3.58. The molecule has 0 bridgehead atoms. The maximum Gasteiger partial charge on any atom is 0.473 e. The van der Waals surface area contributed by atoms with E-state index in [4.69, 9.17) is 14.3 Å². The second-order valence-corrected chi connectivity index (χ2v) is 12.4. The highest BCUT2D eigenvalue weighted by molar-refractivity contribution is 6.20. The molecule has 0 aromatic heterocycles. The Morgan fingerprint density at radius 3 is 2.32 bits per heavy atom. The quantitative estimate of drug-likeness (QED) is 0.203. The summed E-state index contributed by atoms with van der Waals surface area (Å²) < 4.78 is 50.8. The largest absolute Gasteiger partial charge is 0.491 e. The van der Waals surface area contributed by atoms with Crippen LogP contribution in [0.5, 0.6) is 5.75 Å². The monoisotopic (exact) mass is 659 g/mol. The highest BCUT2D eigenvalue weighted by Crippen LogP contribution is 2.28. The van der Waals surface area contributed by atoms with Gasteiger partial charge in [-0.2, -0.15) is 18.2 Å². The van der Waals surface area contributed by atoms with Gasteiger partial charge in [0.15, 0.2) is 0 Å². The van der Waals surface area contributed by atoms with Gasteiger partial charge in [0.05, 0.1) is 11.1 Å². The van der Waals surface area contributed by atoms with Gasteiger partial charge in [-0.1, -0.05) is 18.2 Å². The van der Waals surface area contributed by atoms with Gasteiger partial charge in [0.2, 0.25) is 5.96 Å². The number of carbonyl (C=O) groups excluding carboxylic acids is 4. The van der Waals surface area contributed by atoms with Crippen LogP contribution in [0.15, 0.2) is 47.5 Å². The number of guanidine groups is 1. The van der Waals surface area contributed by atoms with E-state index in [9.17, 15) is 32.3 Å². The van der Waals surface area contributed by atoms with Gasteiger partial charge in [-0.15, -0.1) is 5.06 Å². The predicted octanol–water partition coefficient (Wildman–Crippen LogP) is 3.94. The standard InChI is InChI=1S/C32H36F3N5O7/c1-31(2,3)47-30(44)36-17-20-10-12-38(18-20)29(37-28(43)32(33,34)35)39-13-11-21-16-23(9-8-22(21)19-39)45-14-15-46-40-26(41)24-6-4-5-7-25(24)27(40)42/h4-9,16,20H,10-15,17-19H2,1-3H3,(H,36,44)/b37-29+. The van der Waals surface area contributed by atoms with E-state index in [-0.39, 0.29) is 49.3 Å². The number of amides is 4. The number of hydrogen-bond acceptors (Lipinski definition) is 7. The van der Waals surface area contributed by atoms with Crippen LogP contribution in [-0.4, -0.2) is 95.8 Å². The van der Waals surface area contributed by atoms with E-state index in [0.717, 1.165) is 16.2 Å². The Kier molecular flexibility index (Phi) is 9.75. The number of hydrogen-bond donors (Lipinski definition) is 1. The third-order valence-corrected chi connectivity index (χ3v) is 7.75. The number of carbonyl (C=O) groups is 4. The molecule has 0 radical (unpaired) electrons. The maximum atomic E-state index is 13.3. The van der Waals surface area contributed by atoms with E-state index in [2.05, 4.69) is 10.3 Å². The second kappa shape index (κ2) is 13.6. The summed E-state index contributed by atoms with van der Waals surface area (Å²) in [5.74, 6) is -2.86. The number of rotatable bonds is 7. The van der Waals surface area contributed by atoms with Gasteiger partial charge >= 0.3 is 18.2 Å². The van der Waals surface area contributed by atoms with Crippen LogP contribution in [0.1, 0.15) is 59.0 Å². The van der Waals surface area contributed by atoms with Gasteiger partial charge in [0, 0.05) is 32.7 Å². The van der Waals surface area contributed by atoms with Crippen LogP contribution in [0, 0.1) is 5.92 Å². The van der Waals surface area contributed by atoms with Crippen molar-refractivity contribution in [1.29, 1.82) is 0 Å². The number of hydroxylamine groups is 2. The van der Waals surface area contributed by atoms with Crippen LogP contribution < -0.4 is 10.1 Å². The Bertz CT molecular complexity index is 1540. The Morgan fingerprint density at radius 2 is 1.66 bits per heavy atom. The van der Waals surface area contributed by atoms with Crippen LogP contribution in [0.4, 0.5) is 18.0 Å². The Morgan fingerprint density at radius 1 is 0.957 bits per heavy atom. The Labute approximate surface area is 269 Å². The molecule has 2 aromatic carbocycles.